The SMILES string of the molecule is CCCC(C)C(=O)N1CCOC(=O)N1. The summed E-state index contributed by atoms with van der Waals surface area (Å²) in [6, 6.07) is 0. The van der Waals surface area contributed by atoms with Crippen molar-refractivity contribution in [2.24, 2.45) is 5.92 Å². The molecule has 0 aliphatic carbocycles. The van der Waals surface area contributed by atoms with E-state index in [-0.39, 0.29) is 18.4 Å². The summed E-state index contributed by atoms with van der Waals surface area (Å²) in [6.45, 7) is 4.60. The molecule has 0 radical (unpaired) electrons. The van der Waals surface area contributed by atoms with E-state index in [2.05, 4.69) is 10.2 Å². The van der Waals surface area contributed by atoms with E-state index >= 15 is 0 Å². The van der Waals surface area contributed by atoms with E-state index in [4.69, 9.17) is 0 Å². The van der Waals surface area contributed by atoms with Crippen LogP contribution in [0.4, 0.5) is 4.79 Å². The van der Waals surface area contributed by atoms with Gasteiger partial charge in [-0.15, -0.1) is 0 Å². The maximum atomic E-state index is 11.7. The Kier molecular flexibility index (Phi) is 3.73. The number of rotatable bonds is 3. The second-order valence-corrected chi connectivity index (χ2v) is 3.43. The van der Waals surface area contributed by atoms with E-state index in [9.17, 15) is 9.59 Å². The number of hydrazine groups is 1. The third kappa shape index (κ3) is 2.61. The van der Waals surface area contributed by atoms with E-state index in [1.165, 1.54) is 5.01 Å². The molecule has 0 spiro atoms. The molecule has 1 rings (SSSR count). The van der Waals surface area contributed by atoms with Crippen molar-refractivity contribution in [2.75, 3.05) is 13.2 Å². The summed E-state index contributed by atoms with van der Waals surface area (Å²) in [5.41, 5.74) is 2.38. The minimum Gasteiger partial charge on any atom is -0.446 e. The minimum atomic E-state index is -0.548. The fraction of sp³-hybridized carbons (Fsp3) is 0.778. The lowest BCUT2D eigenvalue weighted by atomic mass is 10.1. The smallest absolute Gasteiger partial charge is 0.426 e. The molecule has 14 heavy (non-hydrogen) atoms. The average molecular weight is 200 g/mol. The standard InChI is InChI=1S/C9H16N2O3/c1-3-4-7(2)8(12)11-5-6-14-9(13)10-11/h7H,3-6H2,1-2H3,(H,10,13). The Morgan fingerprint density at radius 2 is 2.43 bits per heavy atom. The molecule has 1 fully saturated rings. The van der Waals surface area contributed by atoms with Gasteiger partial charge in [-0.05, 0) is 6.42 Å². The zero-order chi connectivity index (χ0) is 10.6. The number of nitrogens with zero attached hydrogens (tertiary/aromatic N) is 1. The van der Waals surface area contributed by atoms with E-state index in [0.29, 0.717) is 6.54 Å². The van der Waals surface area contributed by atoms with Crippen LogP contribution in [0, 0.1) is 5.92 Å². The molecule has 1 unspecified atom stereocenters. The molecular weight excluding hydrogens is 184 g/mol. The summed E-state index contributed by atoms with van der Waals surface area (Å²) in [7, 11) is 0. The Hall–Kier alpha value is -1.26. The van der Waals surface area contributed by atoms with Gasteiger partial charge in [-0.3, -0.25) is 4.79 Å². The number of ether oxygens (including phenoxy) is 1. The quantitative estimate of drug-likeness (QED) is 0.736. The van der Waals surface area contributed by atoms with E-state index in [1.807, 2.05) is 13.8 Å². The van der Waals surface area contributed by atoms with Gasteiger partial charge in [0.05, 0.1) is 6.54 Å². The molecule has 0 aromatic heterocycles. The first kappa shape index (κ1) is 10.8. The van der Waals surface area contributed by atoms with Crippen molar-refractivity contribution < 1.29 is 14.3 Å². The highest BCUT2D eigenvalue weighted by atomic mass is 16.6. The molecule has 1 atom stereocenters. The van der Waals surface area contributed by atoms with Crippen LogP contribution in [-0.2, 0) is 9.53 Å². The van der Waals surface area contributed by atoms with Crippen LogP contribution in [0.5, 0.6) is 0 Å². The highest BCUT2D eigenvalue weighted by Crippen LogP contribution is 2.09. The lowest BCUT2D eigenvalue weighted by molar-refractivity contribution is -0.140. The number of nitrogens with one attached hydrogen (secondary N) is 1. The Morgan fingerprint density at radius 1 is 1.71 bits per heavy atom. The summed E-state index contributed by atoms with van der Waals surface area (Å²) >= 11 is 0. The second-order valence-electron chi connectivity index (χ2n) is 3.43. The molecule has 1 aliphatic rings. The predicted molar refractivity (Wildman–Crippen MR) is 50.3 cm³/mol. The summed E-state index contributed by atoms with van der Waals surface area (Å²) in [6.07, 6.45) is 1.25. The highest BCUT2D eigenvalue weighted by Gasteiger charge is 2.25. The van der Waals surface area contributed by atoms with Gasteiger partial charge in [-0.25, -0.2) is 15.2 Å². The van der Waals surface area contributed by atoms with Crippen LogP contribution >= 0.6 is 0 Å². The van der Waals surface area contributed by atoms with Gasteiger partial charge in [0.25, 0.3) is 0 Å². The van der Waals surface area contributed by atoms with Crippen molar-refractivity contribution in [3.05, 3.63) is 0 Å². The Bertz CT molecular complexity index is 230. The van der Waals surface area contributed by atoms with Crippen molar-refractivity contribution in [1.29, 1.82) is 0 Å². The molecule has 80 valence electrons. The van der Waals surface area contributed by atoms with Crippen molar-refractivity contribution in [3.8, 4) is 0 Å². The molecule has 2 amide bonds. The third-order valence-corrected chi connectivity index (χ3v) is 2.18. The maximum Gasteiger partial charge on any atom is 0.426 e. The zero-order valence-corrected chi connectivity index (χ0v) is 8.58. The van der Waals surface area contributed by atoms with Gasteiger partial charge in [0.2, 0.25) is 5.91 Å². The number of carbonyl (C=O) groups is 2. The predicted octanol–water partition coefficient (Wildman–Crippen LogP) is 0.906. The second kappa shape index (κ2) is 4.83. The molecule has 1 saturated heterocycles. The number of amides is 2. The van der Waals surface area contributed by atoms with Gasteiger partial charge >= 0.3 is 6.09 Å². The fourth-order valence-electron chi connectivity index (χ4n) is 1.42. The van der Waals surface area contributed by atoms with Crippen LogP contribution in [0.2, 0.25) is 0 Å². The molecule has 1 N–H and O–H groups in total. The van der Waals surface area contributed by atoms with Crippen LogP contribution in [0.25, 0.3) is 0 Å². The molecule has 0 bridgehead atoms. The lowest BCUT2D eigenvalue weighted by Gasteiger charge is -2.29. The molecule has 5 nitrogen and oxygen atoms in total. The van der Waals surface area contributed by atoms with Crippen LogP contribution in [0.3, 0.4) is 0 Å². The van der Waals surface area contributed by atoms with Crippen molar-refractivity contribution >= 4 is 12.0 Å². The van der Waals surface area contributed by atoms with Gasteiger partial charge < -0.3 is 4.74 Å². The Labute approximate surface area is 83.4 Å². The molecule has 0 aromatic carbocycles. The zero-order valence-electron chi connectivity index (χ0n) is 8.58. The van der Waals surface area contributed by atoms with E-state index in [0.717, 1.165) is 12.8 Å². The van der Waals surface area contributed by atoms with E-state index in [1.54, 1.807) is 0 Å². The normalized spacial score (nSPS) is 18.4. The molecule has 0 aromatic rings. The van der Waals surface area contributed by atoms with Gasteiger partial charge in [0.1, 0.15) is 6.61 Å². The minimum absolute atomic E-state index is 0.0384. The maximum absolute atomic E-state index is 11.7. The number of hydrogen-bond donors (Lipinski definition) is 1. The van der Waals surface area contributed by atoms with Crippen molar-refractivity contribution in [2.45, 2.75) is 26.7 Å². The van der Waals surface area contributed by atoms with Gasteiger partial charge in [-0.1, -0.05) is 20.3 Å². The molecule has 0 saturated carbocycles. The number of cyclic esters (lactones) is 1. The first-order valence-corrected chi connectivity index (χ1v) is 4.90. The first-order valence-electron chi connectivity index (χ1n) is 4.90. The molecule has 5 heteroatoms. The number of hydrogen-bond acceptors (Lipinski definition) is 3. The Morgan fingerprint density at radius 3 is 3.00 bits per heavy atom. The van der Waals surface area contributed by atoms with Crippen molar-refractivity contribution in [1.82, 2.24) is 10.4 Å². The summed E-state index contributed by atoms with van der Waals surface area (Å²) < 4.78 is 4.65. The average Bonchev–Trinajstić information content (AvgIpc) is 2.17. The summed E-state index contributed by atoms with van der Waals surface area (Å²) in [4.78, 5) is 22.5. The van der Waals surface area contributed by atoms with Crippen LogP contribution < -0.4 is 5.43 Å². The summed E-state index contributed by atoms with van der Waals surface area (Å²) in [5.74, 6) is -0.0816. The van der Waals surface area contributed by atoms with Crippen LogP contribution in [0.15, 0.2) is 0 Å². The molecule has 1 heterocycles. The van der Waals surface area contributed by atoms with Crippen molar-refractivity contribution in [3.63, 3.8) is 0 Å². The fourth-order valence-corrected chi connectivity index (χ4v) is 1.42. The monoisotopic (exact) mass is 200 g/mol. The lowest BCUT2D eigenvalue weighted by Crippen LogP contribution is -2.53. The third-order valence-electron chi connectivity index (χ3n) is 2.18. The first-order chi connectivity index (χ1) is 6.65. The number of carbonyl (C=O) groups excluding carboxylic acids is 2. The van der Waals surface area contributed by atoms with Gasteiger partial charge in [0, 0.05) is 5.92 Å². The Balaban J connectivity index is 2.46. The molecular formula is C9H16N2O3. The van der Waals surface area contributed by atoms with Gasteiger partial charge in [-0.2, -0.15) is 0 Å². The summed E-state index contributed by atoms with van der Waals surface area (Å²) in [5, 5.41) is 1.34. The molecule has 1 aliphatic heterocycles. The van der Waals surface area contributed by atoms with E-state index < -0.39 is 6.09 Å². The largest absolute Gasteiger partial charge is 0.446 e. The van der Waals surface area contributed by atoms with Crippen LogP contribution in [-0.4, -0.2) is 30.2 Å². The van der Waals surface area contributed by atoms with Crippen LogP contribution in [0.1, 0.15) is 26.7 Å². The topological polar surface area (TPSA) is 58.6 Å². The van der Waals surface area contributed by atoms with Gasteiger partial charge in [0.15, 0.2) is 0 Å². The highest BCUT2D eigenvalue weighted by molar-refractivity contribution is 5.81.